The molecule has 1 aliphatic rings. The van der Waals surface area contributed by atoms with Crippen LogP contribution in [0.1, 0.15) is 11.8 Å². The number of phenols is 1. The highest BCUT2D eigenvalue weighted by Crippen LogP contribution is 2.29. The maximum Gasteiger partial charge on any atom is 0.177 e. The highest BCUT2D eigenvalue weighted by atomic mass is 16.6. The van der Waals surface area contributed by atoms with Crippen LogP contribution < -0.4 is 5.49 Å². The number of nitrogens with zero attached hydrogens (tertiary/aromatic N) is 4. The highest BCUT2D eigenvalue weighted by molar-refractivity contribution is 5.68. The number of aromatic amines is 1. The summed E-state index contributed by atoms with van der Waals surface area (Å²) in [5, 5.41) is 49.3. The van der Waals surface area contributed by atoms with E-state index in [0.29, 0.717) is 16.7 Å². The van der Waals surface area contributed by atoms with Crippen LogP contribution in [-0.4, -0.2) is 76.1 Å². The van der Waals surface area contributed by atoms with Gasteiger partial charge < -0.3 is 35.3 Å². The molecule has 3 heterocycles. The average Bonchev–Trinajstić information content (AvgIpc) is 3.21. The number of hydrogen-bond acceptors (Lipinski definition) is 9. The van der Waals surface area contributed by atoms with Gasteiger partial charge in [-0.1, -0.05) is 12.1 Å². The van der Waals surface area contributed by atoms with Crippen molar-refractivity contribution in [3.8, 4) is 5.75 Å². The van der Waals surface area contributed by atoms with E-state index < -0.39 is 37.3 Å². The SMILES string of the molecule is OC[C@H]1OC(n2cnc(=NCc3cccc(O)c3)c3[nH]cnc32)[C@H](O)[C@@H](O)[C@@H]1O. The van der Waals surface area contributed by atoms with Crippen LogP contribution in [0.5, 0.6) is 5.75 Å². The lowest BCUT2D eigenvalue weighted by Gasteiger charge is -2.40. The lowest BCUT2D eigenvalue weighted by atomic mass is 9.98. The molecule has 1 aliphatic heterocycles. The number of aliphatic hydroxyl groups is 4. The number of aliphatic hydroxyl groups excluding tert-OH is 4. The summed E-state index contributed by atoms with van der Waals surface area (Å²) in [5.74, 6) is 0.144. The maximum absolute atomic E-state index is 10.4. The Hall–Kier alpha value is -2.83. The van der Waals surface area contributed by atoms with Crippen LogP contribution in [0.25, 0.3) is 11.2 Å². The molecule has 11 nitrogen and oxygen atoms in total. The first kappa shape index (κ1) is 19.5. The van der Waals surface area contributed by atoms with Gasteiger partial charge >= 0.3 is 0 Å². The second kappa shape index (κ2) is 7.89. The third kappa shape index (κ3) is 3.61. The number of phenolic OH excluding ortho intramolecular Hbond substituents is 1. The third-order valence-electron chi connectivity index (χ3n) is 4.86. The number of H-pyrrole nitrogens is 1. The summed E-state index contributed by atoms with van der Waals surface area (Å²) in [6, 6.07) is 6.72. The van der Waals surface area contributed by atoms with E-state index >= 15 is 0 Å². The Bertz CT molecular complexity index is 1060. The van der Waals surface area contributed by atoms with Crippen molar-refractivity contribution in [3.63, 3.8) is 0 Å². The van der Waals surface area contributed by atoms with Crippen molar-refractivity contribution < 1.29 is 30.3 Å². The van der Waals surface area contributed by atoms with Gasteiger partial charge in [0.15, 0.2) is 17.4 Å². The molecule has 0 bridgehead atoms. The lowest BCUT2D eigenvalue weighted by molar-refractivity contribution is -0.250. The van der Waals surface area contributed by atoms with E-state index in [1.54, 1.807) is 18.2 Å². The van der Waals surface area contributed by atoms with Crippen molar-refractivity contribution in [1.29, 1.82) is 0 Å². The van der Waals surface area contributed by atoms with Crippen LogP contribution in [0, 0.1) is 0 Å². The van der Waals surface area contributed by atoms with Crippen LogP contribution in [0.2, 0.25) is 0 Å². The van der Waals surface area contributed by atoms with E-state index in [1.165, 1.54) is 17.2 Å². The molecule has 0 aliphatic carbocycles. The van der Waals surface area contributed by atoms with Crippen molar-refractivity contribution in [3.05, 3.63) is 48.0 Å². The first-order valence-corrected chi connectivity index (χ1v) is 8.98. The number of hydrogen-bond donors (Lipinski definition) is 6. The molecule has 1 fully saturated rings. The minimum atomic E-state index is -1.51. The van der Waals surface area contributed by atoms with Gasteiger partial charge in [0.25, 0.3) is 0 Å². The van der Waals surface area contributed by atoms with Crippen LogP contribution >= 0.6 is 0 Å². The van der Waals surface area contributed by atoms with Crippen LogP contribution in [0.15, 0.2) is 41.9 Å². The van der Waals surface area contributed by atoms with Crippen molar-refractivity contribution in [2.45, 2.75) is 37.2 Å². The lowest BCUT2D eigenvalue weighted by Crippen LogP contribution is -2.56. The van der Waals surface area contributed by atoms with Gasteiger partial charge in [0, 0.05) is 0 Å². The van der Waals surface area contributed by atoms with Crippen LogP contribution in [0.3, 0.4) is 0 Å². The number of benzene rings is 1. The molecular weight excluding hydrogens is 382 g/mol. The van der Waals surface area contributed by atoms with E-state index in [-0.39, 0.29) is 12.3 Å². The Morgan fingerprint density at radius 2 is 1.97 bits per heavy atom. The number of ether oxygens (including phenoxy) is 1. The predicted molar refractivity (Wildman–Crippen MR) is 98.3 cm³/mol. The molecule has 0 amide bonds. The van der Waals surface area contributed by atoms with E-state index in [0.717, 1.165) is 5.56 Å². The Morgan fingerprint density at radius 3 is 2.72 bits per heavy atom. The molecule has 6 N–H and O–H groups in total. The molecule has 0 radical (unpaired) electrons. The Kier molecular flexibility index (Phi) is 5.30. The normalized spacial score (nSPS) is 28.1. The van der Waals surface area contributed by atoms with Gasteiger partial charge in [-0.3, -0.25) is 9.56 Å². The van der Waals surface area contributed by atoms with E-state index in [1.807, 2.05) is 6.07 Å². The molecular formula is C18H21N5O6. The topological polar surface area (TPSA) is 169 Å². The molecule has 154 valence electrons. The highest BCUT2D eigenvalue weighted by Gasteiger charge is 2.44. The number of aromatic nitrogens is 4. The van der Waals surface area contributed by atoms with Crippen molar-refractivity contribution in [1.82, 2.24) is 19.5 Å². The number of aromatic hydroxyl groups is 1. The summed E-state index contributed by atoms with van der Waals surface area (Å²) < 4.78 is 6.98. The van der Waals surface area contributed by atoms with Crippen LogP contribution in [0.4, 0.5) is 0 Å². The zero-order valence-corrected chi connectivity index (χ0v) is 15.2. The molecule has 1 aromatic carbocycles. The summed E-state index contributed by atoms with van der Waals surface area (Å²) >= 11 is 0. The fourth-order valence-corrected chi connectivity index (χ4v) is 3.32. The van der Waals surface area contributed by atoms with Crippen molar-refractivity contribution in [2.75, 3.05) is 6.61 Å². The molecule has 11 heteroatoms. The summed E-state index contributed by atoms with van der Waals surface area (Å²) in [6.07, 6.45) is -3.81. The van der Waals surface area contributed by atoms with Gasteiger partial charge in [-0.05, 0) is 17.7 Å². The fourth-order valence-electron chi connectivity index (χ4n) is 3.32. The Balaban J connectivity index is 1.70. The summed E-state index contributed by atoms with van der Waals surface area (Å²) in [5.41, 5.74) is 2.00. The average molecular weight is 403 g/mol. The monoisotopic (exact) mass is 403 g/mol. The van der Waals surface area contributed by atoms with E-state index in [4.69, 9.17) is 4.74 Å². The van der Waals surface area contributed by atoms with Crippen molar-refractivity contribution >= 4 is 11.2 Å². The summed E-state index contributed by atoms with van der Waals surface area (Å²) in [7, 11) is 0. The van der Waals surface area contributed by atoms with Gasteiger partial charge in [-0.2, -0.15) is 0 Å². The summed E-state index contributed by atoms with van der Waals surface area (Å²) in [4.78, 5) is 15.9. The molecule has 1 saturated heterocycles. The quantitative estimate of drug-likeness (QED) is 0.307. The second-order valence-corrected chi connectivity index (χ2v) is 6.78. The van der Waals surface area contributed by atoms with E-state index in [2.05, 4.69) is 19.9 Å². The molecule has 5 atom stereocenters. The molecule has 3 aromatic rings. The molecule has 0 saturated carbocycles. The summed E-state index contributed by atoms with van der Waals surface area (Å²) in [6.45, 7) is -0.254. The molecule has 2 aromatic heterocycles. The molecule has 1 unspecified atom stereocenters. The molecule has 29 heavy (non-hydrogen) atoms. The number of fused-ring (bicyclic) bond motifs is 1. The smallest absolute Gasteiger partial charge is 0.177 e. The minimum absolute atomic E-state index is 0.144. The molecule has 4 rings (SSSR count). The van der Waals surface area contributed by atoms with Crippen molar-refractivity contribution in [2.24, 2.45) is 4.99 Å². The maximum atomic E-state index is 10.4. The van der Waals surface area contributed by atoms with E-state index in [9.17, 15) is 25.5 Å². The van der Waals surface area contributed by atoms with Gasteiger partial charge in [0.05, 0.1) is 19.5 Å². The molecule has 0 spiro atoms. The third-order valence-corrected chi connectivity index (χ3v) is 4.86. The van der Waals surface area contributed by atoms with Gasteiger partial charge in [-0.25, -0.2) is 9.97 Å². The first-order valence-electron chi connectivity index (χ1n) is 8.98. The Labute approximate surface area is 164 Å². The number of imidazole rings is 1. The zero-order chi connectivity index (χ0) is 20.5. The standard InChI is InChI=1S/C18H21N5O6/c24-6-11-13(26)14(27)15(28)18(29-11)23-8-22-16(12-17(23)21-7-20-12)19-5-9-2-1-3-10(25)4-9/h1-4,7-8,11,13-15,18,24-28H,5-6H2,(H,20,21)/t11-,13-,14+,15-,18?/m1/s1. The zero-order valence-electron chi connectivity index (χ0n) is 15.2. The number of rotatable bonds is 4. The van der Waals surface area contributed by atoms with Gasteiger partial charge in [0.1, 0.15) is 42.0 Å². The number of nitrogens with one attached hydrogen (secondary N) is 1. The first-order chi connectivity index (χ1) is 14.0. The fraction of sp³-hybridized carbons (Fsp3) is 0.389. The largest absolute Gasteiger partial charge is 0.508 e. The Morgan fingerprint density at radius 1 is 1.14 bits per heavy atom. The van der Waals surface area contributed by atoms with Crippen LogP contribution in [-0.2, 0) is 11.3 Å². The second-order valence-electron chi connectivity index (χ2n) is 6.78. The minimum Gasteiger partial charge on any atom is -0.508 e. The van der Waals surface area contributed by atoms with Gasteiger partial charge in [-0.15, -0.1) is 0 Å². The predicted octanol–water partition coefficient (Wildman–Crippen LogP) is -1.46. The van der Waals surface area contributed by atoms with Gasteiger partial charge in [0.2, 0.25) is 0 Å².